The molecule has 0 aliphatic carbocycles. The van der Waals surface area contributed by atoms with Crippen molar-refractivity contribution in [1.29, 1.82) is 0 Å². The smallest absolute Gasteiger partial charge is 0.253 e. The Labute approximate surface area is 146 Å². The summed E-state index contributed by atoms with van der Waals surface area (Å²) in [5.74, 6) is 0.111. The first-order chi connectivity index (χ1) is 11.1. The summed E-state index contributed by atoms with van der Waals surface area (Å²) in [6, 6.07) is 15.2. The molecule has 0 saturated carbocycles. The Kier molecular flexibility index (Phi) is 5.21. The van der Waals surface area contributed by atoms with E-state index < -0.39 is 0 Å². The highest BCUT2D eigenvalue weighted by atomic mass is 35.5. The summed E-state index contributed by atoms with van der Waals surface area (Å²) in [6.45, 7) is 4.03. The summed E-state index contributed by atoms with van der Waals surface area (Å²) in [6.07, 6.45) is 0. The molecule has 1 heterocycles. The molecular weight excluding hydrogens is 331 g/mol. The lowest BCUT2D eigenvalue weighted by molar-refractivity contribution is 0.0628. The maximum atomic E-state index is 12.4. The van der Waals surface area contributed by atoms with E-state index in [1.807, 2.05) is 53.4 Å². The van der Waals surface area contributed by atoms with Crippen molar-refractivity contribution in [1.82, 2.24) is 9.80 Å². The standard InChI is InChI=1S/C18H18Cl2N2O/c19-16-7-6-14(12-17(16)20)13-21-8-10-22(11-9-21)18(23)15-4-2-1-3-5-15/h1-7,12H,8-11,13H2. The van der Waals surface area contributed by atoms with Gasteiger partial charge in [0.25, 0.3) is 5.91 Å². The molecule has 0 bridgehead atoms. The highest BCUT2D eigenvalue weighted by Gasteiger charge is 2.22. The van der Waals surface area contributed by atoms with Gasteiger partial charge in [-0.15, -0.1) is 0 Å². The minimum atomic E-state index is 0.111. The van der Waals surface area contributed by atoms with E-state index in [0.29, 0.717) is 10.0 Å². The van der Waals surface area contributed by atoms with Gasteiger partial charge in [-0.3, -0.25) is 9.69 Å². The molecule has 1 saturated heterocycles. The van der Waals surface area contributed by atoms with Crippen LogP contribution in [0.3, 0.4) is 0 Å². The summed E-state index contributed by atoms with van der Waals surface area (Å²) in [7, 11) is 0. The second-order valence-corrected chi connectivity index (χ2v) is 6.50. The number of hydrogen-bond donors (Lipinski definition) is 0. The first kappa shape index (κ1) is 16.3. The van der Waals surface area contributed by atoms with Crippen molar-refractivity contribution in [3.63, 3.8) is 0 Å². The minimum absolute atomic E-state index is 0.111. The van der Waals surface area contributed by atoms with E-state index in [0.717, 1.165) is 43.9 Å². The van der Waals surface area contributed by atoms with Gasteiger partial charge in [0.1, 0.15) is 0 Å². The van der Waals surface area contributed by atoms with Crippen LogP contribution in [0.4, 0.5) is 0 Å². The summed E-state index contributed by atoms with van der Waals surface area (Å²) in [4.78, 5) is 16.7. The average Bonchev–Trinajstić information content (AvgIpc) is 2.59. The molecule has 0 radical (unpaired) electrons. The van der Waals surface area contributed by atoms with Crippen LogP contribution in [-0.2, 0) is 6.54 Å². The van der Waals surface area contributed by atoms with Crippen molar-refractivity contribution in [2.45, 2.75) is 6.54 Å². The Morgan fingerprint density at radius 2 is 1.61 bits per heavy atom. The van der Waals surface area contributed by atoms with Crippen LogP contribution in [0, 0.1) is 0 Å². The van der Waals surface area contributed by atoms with Gasteiger partial charge >= 0.3 is 0 Å². The number of halogens is 2. The van der Waals surface area contributed by atoms with Crippen LogP contribution in [-0.4, -0.2) is 41.9 Å². The van der Waals surface area contributed by atoms with Gasteiger partial charge in [-0.05, 0) is 29.8 Å². The number of rotatable bonds is 3. The molecule has 0 aromatic heterocycles. The molecule has 3 rings (SSSR count). The van der Waals surface area contributed by atoms with Crippen molar-refractivity contribution >= 4 is 29.1 Å². The maximum Gasteiger partial charge on any atom is 0.253 e. The van der Waals surface area contributed by atoms with E-state index in [4.69, 9.17) is 23.2 Å². The van der Waals surface area contributed by atoms with E-state index in [1.165, 1.54) is 0 Å². The zero-order chi connectivity index (χ0) is 16.2. The third-order valence-corrected chi connectivity index (χ3v) is 4.81. The van der Waals surface area contributed by atoms with Crippen molar-refractivity contribution in [2.24, 2.45) is 0 Å². The fourth-order valence-electron chi connectivity index (χ4n) is 2.77. The lowest BCUT2D eigenvalue weighted by Crippen LogP contribution is -2.48. The van der Waals surface area contributed by atoms with Gasteiger partial charge in [0, 0.05) is 38.3 Å². The van der Waals surface area contributed by atoms with Crippen LogP contribution < -0.4 is 0 Å². The number of piperazine rings is 1. The van der Waals surface area contributed by atoms with Crippen LogP contribution in [0.5, 0.6) is 0 Å². The largest absolute Gasteiger partial charge is 0.336 e. The summed E-state index contributed by atoms with van der Waals surface area (Å²) in [5, 5.41) is 1.16. The number of carbonyl (C=O) groups excluding carboxylic acids is 1. The monoisotopic (exact) mass is 348 g/mol. The van der Waals surface area contributed by atoms with E-state index >= 15 is 0 Å². The molecule has 120 valence electrons. The SMILES string of the molecule is O=C(c1ccccc1)N1CCN(Cc2ccc(Cl)c(Cl)c2)CC1. The minimum Gasteiger partial charge on any atom is -0.336 e. The quantitative estimate of drug-likeness (QED) is 0.838. The van der Waals surface area contributed by atoms with Crippen LogP contribution in [0.15, 0.2) is 48.5 Å². The molecular formula is C18H18Cl2N2O. The first-order valence-electron chi connectivity index (χ1n) is 7.64. The van der Waals surface area contributed by atoms with Gasteiger partial charge in [0.15, 0.2) is 0 Å². The highest BCUT2D eigenvalue weighted by molar-refractivity contribution is 6.42. The topological polar surface area (TPSA) is 23.6 Å². The zero-order valence-electron chi connectivity index (χ0n) is 12.7. The van der Waals surface area contributed by atoms with E-state index in [-0.39, 0.29) is 5.91 Å². The van der Waals surface area contributed by atoms with Crippen molar-refractivity contribution in [3.8, 4) is 0 Å². The zero-order valence-corrected chi connectivity index (χ0v) is 14.2. The van der Waals surface area contributed by atoms with Crippen LogP contribution in [0.2, 0.25) is 10.0 Å². The molecule has 1 aliphatic heterocycles. The van der Waals surface area contributed by atoms with Gasteiger partial charge in [-0.2, -0.15) is 0 Å². The molecule has 0 atom stereocenters. The maximum absolute atomic E-state index is 12.4. The van der Waals surface area contributed by atoms with Gasteiger partial charge in [-0.25, -0.2) is 0 Å². The lowest BCUT2D eigenvalue weighted by Gasteiger charge is -2.34. The number of nitrogens with zero attached hydrogens (tertiary/aromatic N) is 2. The third kappa shape index (κ3) is 4.05. The fraction of sp³-hybridized carbons (Fsp3) is 0.278. The Hall–Kier alpha value is -1.55. The van der Waals surface area contributed by atoms with E-state index in [2.05, 4.69) is 4.90 Å². The number of carbonyl (C=O) groups is 1. The fourth-order valence-corrected chi connectivity index (χ4v) is 3.09. The third-order valence-electron chi connectivity index (χ3n) is 4.07. The average molecular weight is 349 g/mol. The Morgan fingerprint density at radius 3 is 2.26 bits per heavy atom. The summed E-state index contributed by atoms with van der Waals surface area (Å²) < 4.78 is 0. The predicted molar refractivity (Wildman–Crippen MR) is 94.1 cm³/mol. The van der Waals surface area contributed by atoms with E-state index in [1.54, 1.807) is 0 Å². The van der Waals surface area contributed by atoms with Crippen molar-refractivity contribution in [3.05, 3.63) is 69.7 Å². The number of amides is 1. The molecule has 5 heteroatoms. The molecule has 23 heavy (non-hydrogen) atoms. The van der Waals surface area contributed by atoms with Gasteiger partial charge in [0.05, 0.1) is 10.0 Å². The summed E-state index contributed by atoms with van der Waals surface area (Å²) in [5.41, 5.74) is 1.90. The Balaban J connectivity index is 1.56. The Bertz CT molecular complexity index is 683. The number of hydrogen-bond acceptors (Lipinski definition) is 2. The van der Waals surface area contributed by atoms with Gasteiger partial charge < -0.3 is 4.90 Å². The van der Waals surface area contributed by atoms with Crippen molar-refractivity contribution < 1.29 is 4.79 Å². The second kappa shape index (κ2) is 7.35. The molecule has 1 amide bonds. The molecule has 0 unspecified atom stereocenters. The molecule has 0 spiro atoms. The Morgan fingerprint density at radius 1 is 0.913 bits per heavy atom. The second-order valence-electron chi connectivity index (χ2n) is 5.68. The first-order valence-corrected chi connectivity index (χ1v) is 8.40. The molecule has 3 nitrogen and oxygen atoms in total. The molecule has 2 aromatic carbocycles. The molecule has 1 aliphatic rings. The van der Waals surface area contributed by atoms with Crippen LogP contribution in [0.1, 0.15) is 15.9 Å². The predicted octanol–water partition coefficient (Wildman–Crippen LogP) is 3.95. The van der Waals surface area contributed by atoms with Crippen molar-refractivity contribution in [2.75, 3.05) is 26.2 Å². The molecule has 0 N–H and O–H groups in total. The van der Waals surface area contributed by atoms with E-state index in [9.17, 15) is 4.79 Å². The normalized spacial score (nSPS) is 15.7. The van der Waals surface area contributed by atoms with Gasteiger partial charge in [0.2, 0.25) is 0 Å². The summed E-state index contributed by atoms with van der Waals surface area (Å²) >= 11 is 12.0. The number of benzene rings is 2. The highest BCUT2D eigenvalue weighted by Crippen LogP contribution is 2.23. The molecule has 2 aromatic rings. The lowest BCUT2D eigenvalue weighted by atomic mass is 10.1. The van der Waals surface area contributed by atoms with Gasteiger partial charge in [-0.1, -0.05) is 47.5 Å². The molecule has 1 fully saturated rings. The van der Waals surface area contributed by atoms with Crippen LogP contribution in [0.25, 0.3) is 0 Å². The van der Waals surface area contributed by atoms with Crippen LogP contribution >= 0.6 is 23.2 Å².